The summed E-state index contributed by atoms with van der Waals surface area (Å²) in [7, 11) is 0. The maximum atomic E-state index is 12.7. The van der Waals surface area contributed by atoms with E-state index in [1.165, 1.54) is 12.1 Å². The molecule has 2 rings (SSSR count). The molecular formula is C11H12FN3. The highest BCUT2D eigenvalue weighted by atomic mass is 19.1. The van der Waals surface area contributed by atoms with Crippen LogP contribution in [0.2, 0.25) is 0 Å². The summed E-state index contributed by atoms with van der Waals surface area (Å²) in [6, 6.07) is 6.54. The molecule has 3 nitrogen and oxygen atoms in total. The predicted octanol–water partition coefficient (Wildman–Crippen LogP) is 2.22. The van der Waals surface area contributed by atoms with Crippen molar-refractivity contribution in [3.05, 3.63) is 48.0 Å². The summed E-state index contributed by atoms with van der Waals surface area (Å²) in [6.45, 7) is 2.77. The number of nitrogens with zero attached hydrogens (tertiary/aromatic N) is 3. The van der Waals surface area contributed by atoms with Gasteiger partial charge in [-0.15, -0.1) is 0 Å². The average molecular weight is 205 g/mol. The maximum absolute atomic E-state index is 12.7. The summed E-state index contributed by atoms with van der Waals surface area (Å²) in [5.41, 5.74) is 1.09. The van der Waals surface area contributed by atoms with Crippen LogP contribution in [-0.4, -0.2) is 15.0 Å². The fourth-order valence-corrected chi connectivity index (χ4v) is 1.48. The Morgan fingerprint density at radius 1 is 1.20 bits per heavy atom. The molecule has 1 aromatic heterocycles. The monoisotopic (exact) mass is 205 g/mol. The van der Waals surface area contributed by atoms with E-state index in [-0.39, 0.29) is 11.7 Å². The van der Waals surface area contributed by atoms with Gasteiger partial charge in [0.05, 0.1) is 18.9 Å². The summed E-state index contributed by atoms with van der Waals surface area (Å²) in [5.74, 6) is 0.0705. The van der Waals surface area contributed by atoms with Crippen LogP contribution in [0, 0.1) is 5.82 Å². The molecule has 0 bridgehead atoms. The van der Waals surface area contributed by atoms with E-state index in [1.807, 2.05) is 0 Å². The number of rotatable bonds is 3. The third kappa shape index (κ3) is 2.40. The van der Waals surface area contributed by atoms with Crippen molar-refractivity contribution >= 4 is 0 Å². The van der Waals surface area contributed by atoms with Gasteiger partial charge in [0.2, 0.25) is 0 Å². The first-order valence-electron chi connectivity index (χ1n) is 4.85. The van der Waals surface area contributed by atoms with E-state index in [0.717, 1.165) is 5.56 Å². The van der Waals surface area contributed by atoms with Gasteiger partial charge >= 0.3 is 0 Å². The quantitative estimate of drug-likeness (QED) is 0.769. The molecule has 0 amide bonds. The molecule has 1 heterocycles. The van der Waals surface area contributed by atoms with Gasteiger partial charge in [-0.2, -0.15) is 15.0 Å². The van der Waals surface area contributed by atoms with Gasteiger partial charge in [0.15, 0.2) is 0 Å². The van der Waals surface area contributed by atoms with E-state index in [0.29, 0.717) is 6.54 Å². The molecule has 0 radical (unpaired) electrons. The van der Waals surface area contributed by atoms with Gasteiger partial charge in [-0.25, -0.2) is 4.39 Å². The Hall–Kier alpha value is -1.71. The molecule has 1 atom stereocenters. The first-order chi connectivity index (χ1) is 7.25. The zero-order chi connectivity index (χ0) is 10.7. The second kappa shape index (κ2) is 4.21. The zero-order valence-corrected chi connectivity index (χ0v) is 8.47. The minimum atomic E-state index is -0.205. The van der Waals surface area contributed by atoms with Crippen molar-refractivity contribution in [3.63, 3.8) is 0 Å². The standard InChI is InChI=1S/C11H12FN3/c1-9(8-15-13-6-7-14-15)10-2-4-11(12)5-3-10/h2-7,9H,8H2,1H3. The highest BCUT2D eigenvalue weighted by Crippen LogP contribution is 2.16. The molecule has 4 heteroatoms. The smallest absolute Gasteiger partial charge is 0.123 e. The first kappa shape index (κ1) is 9.83. The highest BCUT2D eigenvalue weighted by molar-refractivity contribution is 5.19. The lowest BCUT2D eigenvalue weighted by molar-refractivity contribution is 0.484. The largest absolute Gasteiger partial charge is 0.207 e. The van der Waals surface area contributed by atoms with E-state index in [1.54, 1.807) is 29.3 Å². The van der Waals surface area contributed by atoms with Crippen LogP contribution in [0.1, 0.15) is 18.4 Å². The fourth-order valence-electron chi connectivity index (χ4n) is 1.48. The molecule has 1 aromatic carbocycles. The molecule has 0 aliphatic rings. The van der Waals surface area contributed by atoms with Crippen molar-refractivity contribution in [1.29, 1.82) is 0 Å². The predicted molar refractivity (Wildman–Crippen MR) is 54.8 cm³/mol. The van der Waals surface area contributed by atoms with Crippen LogP contribution in [0.25, 0.3) is 0 Å². The Labute approximate surface area is 87.5 Å². The summed E-state index contributed by atoms with van der Waals surface area (Å²) < 4.78 is 12.7. The highest BCUT2D eigenvalue weighted by Gasteiger charge is 2.06. The molecule has 0 saturated carbocycles. The van der Waals surface area contributed by atoms with Crippen molar-refractivity contribution < 1.29 is 4.39 Å². The zero-order valence-electron chi connectivity index (χ0n) is 8.47. The summed E-state index contributed by atoms with van der Waals surface area (Å²) in [4.78, 5) is 1.63. The van der Waals surface area contributed by atoms with Gasteiger partial charge < -0.3 is 0 Å². The van der Waals surface area contributed by atoms with E-state index in [4.69, 9.17) is 0 Å². The molecule has 0 aliphatic heterocycles. The van der Waals surface area contributed by atoms with Crippen molar-refractivity contribution in [1.82, 2.24) is 15.0 Å². The molecule has 0 spiro atoms. The number of halogens is 1. The second-order valence-electron chi connectivity index (χ2n) is 3.54. The van der Waals surface area contributed by atoms with Gasteiger partial charge in [-0.1, -0.05) is 19.1 Å². The topological polar surface area (TPSA) is 30.7 Å². The first-order valence-corrected chi connectivity index (χ1v) is 4.85. The number of hydrogen-bond donors (Lipinski definition) is 0. The van der Waals surface area contributed by atoms with E-state index in [9.17, 15) is 4.39 Å². The molecule has 1 unspecified atom stereocenters. The number of hydrogen-bond acceptors (Lipinski definition) is 2. The lowest BCUT2D eigenvalue weighted by atomic mass is 10.0. The van der Waals surface area contributed by atoms with Crippen molar-refractivity contribution in [2.45, 2.75) is 19.4 Å². The van der Waals surface area contributed by atoms with Gasteiger partial charge in [-0.3, -0.25) is 0 Å². The van der Waals surface area contributed by atoms with Crippen LogP contribution in [0.15, 0.2) is 36.7 Å². The van der Waals surface area contributed by atoms with Crippen molar-refractivity contribution in [3.8, 4) is 0 Å². The van der Waals surface area contributed by atoms with Gasteiger partial charge in [0.1, 0.15) is 5.82 Å². The lowest BCUT2D eigenvalue weighted by Crippen LogP contribution is -2.09. The van der Waals surface area contributed by atoms with Crippen LogP contribution in [-0.2, 0) is 6.54 Å². The van der Waals surface area contributed by atoms with Crippen molar-refractivity contribution in [2.24, 2.45) is 0 Å². The summed E-state index contributed by atoms with van der Waals surface area (Å²) in [5, 5.41) is 8.06. The molecule has 15 heavy (non-hydrogen) atoms. The molecule has 0 aliphatic carbocycles. The van der Waals surface area contributed by atoms with E-state index < -0.39 is 0 Å². The Bertz CT molecular complexity index is 408. The summed E-state index contributed by atoms with van der Waals surface area (Å²) >= 11 is 0. The molecule has 78 valence electrons. The minimum absolute atomic E-state index is 0.205. The number of aromatic nitrogens is 3. The van der Waals surface area contributed by atoms with E-state index >= 15 is 0 Å². The molecule has 2 aromatic rings. The van der Waals surface area contributed by atoms with E-state index in [2.05, 4.69) is 17.1 Å². The Morgan fingerprint density at radius 3 is 2.40 bits per heavy atom. The second-order valence-corrected chi connectivity index (χ2v) is 3.54. The Kier molecular flexibility index (Phi) is 2.76. The van der Waals surface area contributed by atoms with Crippen molar-refractivity contribution in [2.75, 3.05) is 0 Å². The lowest BCUT2D eigenvalue weighted by Gasteiger charge is -2.10. The van der Waals surface area contributed by atoms with Gasteiger partial charge in [0, 0.05) is 5.92 Å². The van der Waals surface area contributed by atoms with Crippen LogP contribution in [0.4, 0.5) is 4.39 Å². The molecule has 0 fully saturated rings. The average Bonchev–Trinajstić information content (AvgIpc) is 2.71. The maximum Gasteiger partial charge on any atom is 0.123 e. The Morgan fingerprint density at radius 2 is 1.80 bits per heavy atom. The molecular weight excluding hydrogens is 193 g/mol. The van der Waals surface area contributed by atoms with Gasteiger partial charge in [-0.05, 0) is 17.7 Å². The normalized spacial score (nSPS) is 12.7. The molecule has 0 saturated heterocycles. The summed E-state index contributed by atoms with van der Waals surface area (Å²) in [6.07, 6.45) is 3.30. The molecule has 0 N–H and O–H groups in total. The third-order valence-corrected chi connectivity index (χ3v) is 2.34. The Balaban J connectivity index is 2.08. The van der Waals surface area contributed by atoms with Crippen LogP contribution in [0.5, 0.6) is 0 Å². The minimum Gasteiger partial charge on any atom is -0.207 e. The SMILES string of the molecule is CC(Cn1nccn1)c1ccc(F)cc1. The van der Waals surface area contributed by atoms with Crippen LogP contribution in [0.3, 0.4) is 0 Å². The fraction of sp³-hybridized carbons (Fsp3) is 0.273. The van der Waals surface area contributed by atoms with Gasteiger partial charge in [0.25, 0.3) is 0 Å². The van der Waals surface area contributed by atoms with Crippen LogP contribution >= 0.6 is 0 Å². The van der Waals surface area contributed by atoms with Crippen LogP contribution < -0.4 is 0 Å². The third-order valence-electron chi connectivity index (χ3n) is 2.34. The number of benzene rings is 1.